The number of likely N-dealkylation sites (N-methyl/N-ethyl adjacent to an activating group) is 1. The van der Waals surface area contributed by atoms with Crippen LogP contribution in [-0.2, 0) is 9.53 Å². The maximum atomic E-state index is 13.6. The van der Waals surface area contributed by atoms with E-state index < -0.39 is 5.97 Å². The molecule has 0 amide bonds. The van der Waals surface area contributed by atoms with Crippen LogP contribution in [0.1, 0.15) is 11.1 Å². The van der Waals surface area contributed by atoms with Gasteiger partial charge in [0.2, 0.25) is 5.70 Å². The minimum Gasteiger partial charge on any atom is -0.462 e. The SMILES string of the molecule is COC(=O)C1=Cc2cc(F)ccc2[N+]1(C)c1cccc(C(N)=S)c1. The molecule has 4 nitrogen and oxygen atoms in total. The molecule has 0 aliphatic carbocycles. The Balaban J connectivity index is 2.26. The Morgan fingerprint density at radius 3 is 2.67 bits per heavy atom. The highest BCUT2D eigenvalue weighted by molar-refractivity contribution is 7.80. The maximum Gasteiger partial charge on any atom is 0.393 e. The average molecular weight is 343 g/mol. The summed E-state index contributed by atoms with van der Waals surface area (Å²) in [7, 11) is 3.17. The van der Waals surface area contributed by atoms with Gasteiger partial charge in [0.25, 0.3) is 0 Å². The Kier molecular flexibility index (Phi) is 3.95. The number of hydrogen-bond acceptors (Lipinski definition) is 3. The third kappa shape index (κ3) is 2.40. The molecule has 0 spiro atoms. The monoisotopic (exact) mass is 343 g/mol. The predicted molar refractivity (Wildman–Crippen MR) is 96.1 cm³/mol. The summed E-state index contributed by atoms with van der Waals surface area (Å²) in [5.41, 5.74) is 9.00. The molecule has 24 heavy (non-hydrogen) atoms. The number of esters is 1. The molecule has 2 aromatic rings. The Labute approximate surface area is 144 Å². The molecule has 1 unspecified atom stereocenters. The number of methoxy groups -OCH3 is 1. The number of fused-ring (bicyclic) bond motifs is 1. The maximum absolute atomic E-state index is 13.6. The third-order valence-electron chi connectivity index (χ3n) is 4.29. The smallest absolute Gasteiger partial charge is 0.393 e. The molecule has 1 aliphatic heterocycles. The summed E-state index contributed by atoms with van der Waals surface area (Å²) in [6.45, 7) is 0. The first kappa shape index (κ1) is 16.3. The molecular formula is C18H16FN2O2S+. The van der Waals surface area contributed by atoms with E-state index in [2.05, 4.69) is 0 Å². The molecule has 1 atom stereocenters. The molecule has 122 valence electrons. The van der Waals surface area contributed by atoms with Gasteiger partial charge in [-0.1, -0.05) is 24.4 Å². The number of carbonyl (C=O) groups is 1. The van der Waals surface area contributed by atoms with Crippen LogP contribution in [0.2, 0.25) is 0 Å². The van der Waals surface area contributed by atoms with Gasteiger partial charge in [0.1, 0.15) is 16.5 Å². The fourth-order valence-electron chi connectivity index (χ4n) is 3.02. The third-order valence-corrected chi connectivity index (χ3v) is 4.52. The summed E-state index contributed by atoms with van der Waals surface area (Å²) < 4.78 is 18.6. The van der Waals surface area contributed by atoms with Crippen LogP contribution in [-0.4, -0.2) is 25.1 Å². The highest BCUT2D eigenvalue weighted by Gasteiger charge is 2.44. The Hall–Kier alpha value is -2.57. The van der Waals surface area contributed by atoms with Gasteiger partial charge in [-0.25, -0.2) is 13.7 Å². The van der Waals surface area contributed by atoms with Crippen LogP contribution in [0.4, 0.5) is 15.8 Å². The molecule has 0 fully saturated rings. The van der Waals surface area contributed by atoms with E-state index in [4.69, 9.17) is 22.7 Å². The van der Waals surface area contributed by atoms with Crippen LogP contribution in [0.3, 0.4) is 0 Å². The van der Waals surface area contributed by atoms with Crippen LogP contribution >= 0.6 is 12.2 Å². The number of quaternary nitrogens is 1. The molecule has 2 aromatic carbocycles. The van der Waals surface area contributed by atoms with Crippen molar-refractivity contribution in [3.63, 3.8) is 0 Å². The summed E-state index contributed by atoms with van der Waals surface area (Å²) in [6.07, 6.45) is 1.65. The van der Waals surface area contributed by atoms with Crippen LogP contribution in [0, 0.1) is 5.82 Å². The number of nitrogens with zero attached hydrogens (tertiary/aromatic N) is 1. The van der Waals surface area contributed by atoms with Gasteiger partial charge in [0.05, 0.1) is 14.2 Å². The number of carbonyl (C=O) groups excluding carboxylic acids is 1. The summed E-state index contributed by atoms with van der Waals surface area (Å²) in [5.74, 6) is -0.839. The lowest BCUT2D eigenvalue weighted by molar-refractivity contribution is -0.137. The zero-order valence-corrected chi connectivity index (χ0v) is 14.1. The van der Waals surface area contributed by atoms with Crippen molar-refractivity contribution in [1.82, 2.24) is 4.48 Å². The fourth-order valence-corrected chi connectivity index (χ4v) is 3.14. The largest absolute Gasteiger partial charge is 0.462 e. The zero-order chi connectivity index (χ0) is 17.5. The number of nitrogens with two attached hydrogens (primary N) is 1. The first-order chi connectivity index (χ1) is 11.4. The van der Waals surface area contributed by atoms with E-state index in [1.807, 2.05) is 25.2 Å². The van der Waals surface area contributed by atoms with E-state index in [0.29, 0.717) is 16.8 Å². The van der Waals surface area contributed by atoms with Gasteiger partial charge in [0.15, 0.2) is 5.69 Å². The lowest BCUT2D eigenvalue weighted by Crippen LogP contribution is -2.40. The lowest BCUT2D eigenvalue weighted by Gasteiger charge is -2.31. The van der Waals surface area contributed by atoms with Gasteiger partial charge >= 0.3 is 5.97 Å². The quantitative estimate of drug-likeness (QED) is 0.528. The topological polar surface area (TPSA) is 52.3 Å². The zero-order valence-electron chi connectivity index (χ0n) is 13.2. The molecule has 0 radical (unpaired) electrons. The Bertz CT molecular complexity index is 894. The minimum atomic E-state index is -0.477. The average Bonchev–Trinajstić information content (AvgIpc) is 2.87. The molecule has 0 saturated carbocycles. The van der Waals surface area contributed by atoms with E-state index in [1.165, 1.54) is 19.2 Å². The second-order valence-electron chi connectivity index (χ2n) is 5.65. The van der Waals surface area contributed by atoms with E-state index in [9.17, 15) is 9.18 Å². The first-order valence-corrected chi connectivity index (χ1v) is 7.66. The van der Waals surface area contributed by atoms with E-state index in [-0.39, 0.29) is 15.3 Å². The number of hydrogen-bond donors (Lipinski definition) is 1. The van der Waals surface area contributed by atoms with Gasteiger partial charge in [-0.05, 0) is 12.1 Å². The summed E-state index contributed by atoms with van der Waals surface area (Å²) >= 11 is 5.05. The number of halogens is 1. The number of thiocarbonyl (C=S) groups is 1. The van der Waals surface area contributed by atoms with E-state index in [1.54, 1.807) is 18.2 Å². The van der Waals surface area contributed by atoms with Crippen molar-refractivity contribution in [3.05, 3.63) is 65.1 Å². The summed E-state index contributed by atoms with van der Waals surface area (Å²) in [4.78, 5) is 12.6. The second-order valence-corrected chi connectivity index (χ2v) is 6.08. The van der Waals surface area contributed by atoms with Crippen molar-refractivity contribution in [2.45, 2.75) is 0 Å². The highest BCUT2D eigenvalue weighted by atomic mass is 32.1. The lowest BCUT2D eigenvalue weighted by atomic mass is 10.1. The van der Waals surface area contributed by atoms with Crippen molar-refractivity contribution in [3.8, 4) is 0 Å². The van der Waals surface area contributed by atoms with Crippen LogP contribution in [0.15, 0.2) is 48.2 Å². The molecule has 1 aliphatic rings. The summed E-state index contributed by atoms with van der Waals surface area (Å²) in [5, 5.41) is 0. The molecule has 1 heterocycles. The number of benzene rings is 2. The summed E-state index contributed by atoms with van der Waals surface area (Å²) in [6, 6.07) is 11.8. The van der Waals surface area contributed by atoms with Gasteiger partial charge in [-0.2, -0.15) is 0 Å². The van der Waals surface area contributed by atoms with Crippen molar-refractivity contribution >= 4 is 40.6 Å². The van der Waals surface area contributed by atoms with Crippen molar-refractivity contribution in [2.24, 2.45) is 5.73 Å². The van der Waals surface area contributed by atoms with Gasteiger partial charge in [-0.3, -0.25) is 0 Å². The first-order valence-electron chi connectivity index (χ1n) is 7.25. The van der Waals surface area contributed by atoms with Crippen LogP contribution in [0.5, 0.6) is 0 Å². The fraction of sp³-hybridized carbons (Fsp3) is 0.111. The molecule has 6 heteroatoms. The van der Waals surface area contributed by atoms with Crippen molar-refractivity contribution < 1.29 is 13.9 Å². The van der Waals surface area contributed by atoms with Crippen LogP contribution in [0.25, 0.3) is 6.08 Å². The van der Waals surface area contributed by atoms with E-state index >= 15 is 0 Å². The molecule has 0 saturated heterocycles. The molecule has 0 bridgehead atoms. The van der Waals surface area contributed by atoms with Crippen LogP contribution < -0.4 is 10.2 Å². The molecule has 2 N–H and O–H groups in total. The normalized spacial score (nSPS) is 18.7. The number of rotatable bonds is 3. The van der Waals surface area contributed by atoms with Gasteiger partial charge < -0.3 is 10.5 Å². The molecule has 0 aromatic heterocycles. The highest BCUT2D eigenvalue weighted by Crippen LogP contribution is 2.46. The van der Waals surface area contributed by atoms with Gasteiger partial charge in [-0.15, -0.1) is 0 Å². The van der Waals surface area contributed by atoms with Gasteiger partial charge in [0, 0.05) is 35.4 Å². The molecular weight excluding hydrogens is 327 g/mol. The van der Waals surface area contributed by atoms with Crippen molar-refractivity contribution in [2.75, 3.05) is 14.2 Å². The van der Waals surface area contributed by atoms with E-state index in [0.717, 1.165) is 11.4 Å². The standard InChI is InChI=1S/C18H15FN2O2S/c1-21(14-5-3-4-11(9-14)17(20)24)15-7-6-13(19)8-12(15)10-16(21)18(22)23-2/h3-10H,1-2H3,(H-,20,24)/p+1. The van der Waals surface area contributed by atoms with Crippen molar-refractivity contribution in [1.29, 1.82) is 0 Å². The number of ether oxygens (including phenoxy) is 1. The molecule has 3 rings (SSSR count). The minimum absolute atomic E-state index is 0.0543. The Morgan fingerprint density at radius 2 is 2.00 bits per heavy atom. The second kappa shape index (κ2) is 5.81. The Morgan fingerprint density at radius 1 is 1.25 bits per heavy atom. The predicted octanol–water partition coefficient (Wildman–Crippen LogP) is 3.26.